The van der Waals surface area contributed by atoms with Crippen LogP contribution in [-0.4, -0.2) is 79.1 Å². The molecule has 3 heterocycles. The molecule has 10 nitrogen and oxygen atoms in total. The van der Waals surface area contributed by atoms with E-state index in [9.17, 15) is 0 Å². The Balaban J connectivity index is 0.000000237. The molecule has 0 bridgehead atoms. The molecule has 0 spiro atoms. The van der Waals surface area contributed by atoms with Gasteiger partial charge in [-0.05, 0) is 36.8 Å². The first-order valence-electron chi connectivity index (χ1n) is 8.78. The van der Waals surface area contributed by atoms with Gasteiger partial charge in [0.2, 0.25) is 11.2 Å². The fourth-order valence-corrected chi connectivity index (χ4v) is 2.79. The fourth-order valence-electron chi connectivity index (χ4n) is 2.69. The van der Waals surface area contributed by atoms with Crippen LogP contribution in [0, 0.1) is 5.92 Å². The van der Waals surface area contributed by atoms with Gasteiger partial charge in [0.1, 0.15) is 0 Å². The van der Waals surface area contributed by atoms with Crippen LogP contribution in [0.2, 0.25) is 5.28 Å². The van der Waals surface area contributed by atoms with E-state index in [-0.39, 0.29) is 17.4 Å². The Bertz CT molecular complexity index is 703. The number of anilines is 1. The molecule has 2 aromatic heterocycles. The molecule has 3 rings (SSSR count). The van der Waals surface area contributed by atoms with Crippen LogP contribution in [0.4, 0.5) is 5.95 Å². The van der Waals surface area contributed by atoms with Crippen molar-refractivity contribution in [1.82, 2.24) is 19.9 Å². The summed E-state index contributed by atoms with van der Waals surface area (Å²) >= 11 is 5.33. The average molecular weight is 409 g/mol. The van der Waals surface area contributed by atoms with Gasteiger partial charge in [0, 0.05) is 55.4 Å². The van der Waals surface area contributed by atoms with Crippen molar-refractivity contribution in [3.63, 3.8) is 0 Å². The zero-order valence-corrected chi connectivity index (χ0v) is 15.9. The Kier molecular flexibility index (Phi) is 9.03. The summed E-state index contributed by atoms with van der Waals surface area (Å²) in [5.41, 5.74) is 0.526. The smallest absolute Gasteiger partial charge is 0.423 e. The second-order valence-corrected chi connectivity index (χ2v) is 6.63. The van der Waals surface area contributed by atoms with Crippen LogP contribution >= 0.6 is 11.6 Å². The second-order valence-electron chi connectivity index (χ2n) is 6.29. The molecular weight excluding hydrogens is 387 g/mol. The molecule has 13 heteroatoms. The van der Waals surface area contributed by atoms with Gasteiger partial charge in [0.15, 0.2) is 0 Å². The molecule has 2 aromatic rings. The number of hydrogen-bond donors (Lipinski definition) is 5. The quantitative estimate of drug-likeness (QED) is 0.266. The van der Waals surface area contributed by atoms with E-state index >= 15 is 0 Å². The molecule has 5 N–H and O–H groups in total. The summed E-state index contributed by atoms with van der Waals surface area (Å²) in [6.07, 6.45) is 8.31. The monoisotopic (exact) mass is 409 g/mol. The van der Waals surface area contributed by atoms with Gasteiger partial charge in [0.25, 0.3) is 0 Å². The van der Waals surface area contributed by atoms with Crippen LogP contribution in [-0.2, 0) is 0 Å². The highest BCUT2D eigenvalue weighted by Crippen LogP contribution is 2.22. The van der Waals surface area contributed by atoms with Gasteiger partial charge in [-0.25, -0.2) is 19.9 Å². The summed E-state index contributed by atoms with van der Waals surface area (Å²) in [6.45, 7) is 2.02. The summed E-state index contributed by atoms with van der Waals surface area (Å²) in [4.78, 5) is 17.4. The lowest BCUT2D eigenvalue weighted by Crippen LogP contribution is -2.36. The Morgan fingerprint density at radius 2 is 1.36 bits per heavy atom. The van der Waals surface area contributed by atoms with Gasteiger partial charge in [-0.2, -0.15) is 0 Å². The van der Waals surface area contributed by atoms with Crippen LogP contribution in [0.25, 0.3) is 0 Å². The highest BCUT2D eigenvalue weighted by Gasteiger charge is 2.21. The minimum Gasteiger partial charge on any atom is -0.423 e. The minimum atomic E-state index is -1.53. The van der Waals surface area contributed by atoms with Crippen LogP contribution in [0.1, 0.15) is 19.3 Å². The SMILES string of the molecule is OB(O)c1cnc(Cl)nc1.OCCC1CCN(c2ncc(B(O)O)cn2)CC1. The predicted octanol–water partition coefficient (Wildman–Crippen LogP) is -2.43. The van der Waals surface area contributed by atoms with E-state index in [1.165, 1.54) is 24.8 Å². The maximum absolute atomic E-state index is 8.96. The summed E-state index contributed by atoms with van der Waals surface area (Å²) in [5, 5.41) is 44.0. The summed E-state index contributed by atoms with van der Waals surface area (Å²) in [7, 11) is -3.05. The van der Waals surface area contributed by atoms with E-state index < -0.39 is 14.2 Å². The van der Waals surface area contributed by atoms with Gasteiger partial charge in [-0.3, -0.25) is 0 Å². The molecule has 0 atom stereocenters. The van der Waals surface area contributed by atoms with Crippen LogP contribution in [0.15, 0.2) is 24.8 Å². The van der Waals surface area contributed by atoms with E-state index in [1.54, 1.807) is 0 Å². The zero-order valence-electron chi connectivity index (χ0n) is 15.1. The molecule has 1 fully saturated rings. The largest absolute Gasteiger partial charge is 0.491 e. The lowest BCUT2D eigenvalue weighted by Gasteiger charge is -2.31. The summed E-state index contributed by atoms with van der Waals surface area (Å²) in [5.74, 6) is 1.21. The lowest BCUT2D eigenvalue weighted by molar-refractivity contribution is 0.240. The van der Waals surface area contributed by atoms with Gasteiger partial charge >= 0.3 is 14.2 Å². The molecule has 0 radical (unpaired) electrons. The van der Waals surface area contributed by atoms with E-state index in [2.05, 4.69) is 24.8 Å². The normalized spacial score (nSPS) is 14.3. The van der Waals surface area contributed by atoms with Crippen molar-refractivity contribution in [1.29, 1.82) is 0 Å². The van der Waals surface area contributed by atoms with Crippen molar-refractivity contribution in [3.8, 4) is 0 Å². The number of piperidine rings is 1. The molecule has 0 unspecified atom stereocenters. The molecule has 1 aliphatic rings. The molecular formula is C15H22B2ClN5O5. The van der Waals surface area contributed by atoms with E-state index in [1.807, 2.05) is 0 Å². The minimum absolute atomic E-state index is 0.0874. The third kappa shape index (κ3) is 6.97. The van der Waals surface area contributed by atoms with Gasteiger partial charge in [0.05, 0.1) is 0 Å². The third-order valence-corrected chi connectivity index (χ3v) is 4.52. The average Bonchev–Trinajstić information content (AvgIpc) is 2.70. The topological polar surface area (TPSA) is 156 Å². The maximum Gasteiger partial charge on any atom is 0.491 e. The van der Waals surface area contributed by atoms with Crippen molar-refractivity contribution in [2.24, 2.45) is 5.92 Å². The molecule has 0 aliphatic carbocycles. The van der Waals surface area contributed by atoms with Crippen LogP contribution in [0.5, 0.6) is 0 Å². The van der Waals surface area contributed by atoms with Crippen molar-refractivity contribution in [3.05, 3.63) is 30.1 Å². The standard InChI is InChI=1S/C11H18BN3O3.C4H4BClN2O2/c16-6-3-9-1-4-15(5-2-9)11-13-7-10(8-14-11)12(17)18;6-4-7-1-3(2-8-4)5(9)10/h7-9,16-18H,1-6H2;1-2,9-10H. The molecule has 1 saturated heterocycles. The number of aliphatic hydroxyl groups is 1. The van der Waals surface area contributed by atoms with Gasteiger partial charge in [-0.15, -0.1) is 0 Å². The van der Waals surface area contributed by atoms with Crippen molar-refractivity contribution in [2.75, 3.05) is 24.6 Å². The first kappa shape index (κ1) is 22.5. The number of rotatable bonds is 5. The molecule has 0 saturated carbocycles. The highest BCUT2D eigenvalue weighted by atomic mass is 35.5. The predicted molar refractivity (Wildman–Crippen MR) is 105 cm³/mol. The number of halogens is 1. The molecule has 28 heavy (non-hydrogen) atoms. The molecule has 0 aromatic carbocycles. The van der Waals surface area contributed by atoms with Crippen molar-refractivity contribution >= 4 is 42.7 Å². The van der Waals surface area contributed by atoms with E-state index in [4.69, 9.17) is 36.8 Å². The number of aliphatic hydroxyl groups excluding tert-OH is 1. The Morgan fingerprint density at radius 3 is 1.79 bits per heavy atom. The van der Waals surface area contributed by atoms with Crippen molar-refractivity contribution < 1.29 is 25.2 Å². The van der Waals surface area contributed by atoms with Crippen LogP contribution < -0.4 is 15.8 Å². The van der Waals surface area contributed by atoms with Gasteiger partial charge in [-0.1, -0.05) is 0 Å². The maximum atomic E-state index is 8.96. The third-order valence-electron chi connectivity index (χ3n) is 4.33. The fraction of sp³-hybridized carbons (Fsp3) is 0.467. The highest BCUT2D eigenvalue weighted by molar-refractivity contribution is 6.58. The zero-order chi connectivity index (χ0) is 20.5. The van der Waals surface area contributed by atoms with Crippen molar-refractivity contribution in [2.45, 2.75) is 19.3 Å². The molecule has 1 aliphatic heterocycles. The van der Waals surface area contributed by atoms with Crippen LogP contribution in [0.3, 0.4) is 0 Å². The summed E-state index contributed by atoms with van der Waals surface area (Å²) < 4.78 is 0. The second kappa shape index (κ2) is 11.2. The number of aromatic nitrogens is 4. The molecule has 0 amide bonds. The van der Waals surface area contributed by atoms with E-state index in [0.717, 1.165) is 32.4 Å². The Labute approximate surface area is 168 Å². The number of nitrogens with zero attached hydrogens (tertiary/aromatic N) is 5. The molecule has 150 valence electrons. The summed E-state index contributed by atoms with van der Waals surface area (Å²) in [6, 6.07) is 0. The Hall–Kier alpha value is -1.82. The van der Waals surface area contributed by atoms with Gasteiger partial charge < -0.3 is 30.1 Å². The Morgan fingerprint density at radius 1 is 0.893 bits per heavy atom. The number of hydrogen-bond acceptors (Lipinski definition) is 10. The first-order chi connectivity index (χ1) is 13.4. The first-order valence-corrected chi connectivity index (χ1v) is 9.16. The van der Waals surface area contributed by atoms with E-state index in [0.29, 0.717) is 17.3 Å². The lowest BCUT2D eigenvalue weighted by atomic mass is 9.83.